The van der Waals surface area contributed by atoms with E-state index in [2.05, 4.69) is 27.2 Å². The molecular weight excluding hydrogens is 727 g/mol. The molecule has 0 aliphatic carbocycles. The average Bonchev–Trinajstić information content (AvgIpc) is 3.11. The molecule has 4 aromatic carbocycles. The summed E-state index contributed by atoms with van der Waals surface area (Å²) < 4.78 is 81.2. The maximum atomic E-state index is 13.4. The summed E-state index contributed by atoms with van der Waals surface area (Å²) in [4.78, 5) is 28.3. The predicted molar refractivity (Wildman–Crippen MR) is 194 cm³/mol. The molecule has 4 aromatic rings. The van der Waals surface area contributed by atoms with Gasteiger partial charge in [-0.15, -0.1) is 0 Å². The Bertz CT molecular complexity index is 2190. The Morgan fingerprint density at radius 2 is 1.15 bits per heavy atom. The van der Waals surface area contributed by atoms with E-state index in [1.807, 2.05) is 0 Å². The molecule has 0 heterocycles. The van der Waals surface area contributed by atoms with Gasteiger partial charge in [0.15, 0.2) is 17.5 Å². The number of amides is 2. The number of benzene rings is 4. The summed E-state index contributed by atoms with van der Waals surface area (Å²) >= 11 is 0. The van der Waals surface area contributed by atoms with E-state index in [1.54, 1.807) is 25.2 Å². The second-order valence-corrected chi connectivity index (χ2v) is 15.7. The lowest BCUT2D eigenvalue weighted by atomic mass is 10.2. The molecule has 0 spiro atoms. The molecule has 0 radical (unpaired) electrons. The van der Waals surface area contributed by atoms with Gasteiger partial charge in [0.1, 0.15) is 5.82 Å². The molecule has 4 rings (SSSR count). The summed E-state index contributed by atoms with van der Waals surface area (Å²) in [6.07, 6.45) is 0. The Morgan fingerprint density at radius 1 is 0.712 bits per heavy atom. The third-order valence-corrected chi connectivity index (χ3v) is 11.7. The van der Waals surface area contributed by atoms with E-state index in [-0.39, 0.29) is 59.4 Å². The topological polar surface area (TPSA) is 144 Å². The van der Waals surface area contributed by atoms with Crippen LogP contribution in [0.5, 0.6) is 0 Å². The Labute approximate surface area is 299 Å². The standard InChI is InChI=1S/C18H18FN3O3S.C17H17F3N2O3S/c1-20-17-12-14(7-8-16(17)19)21-18(24)13-5-4-6-15(11-13)26(3,25)22(2)9-10-23;1-22(6-7-23)26(2,25)13-5-3-4-11(8-13)17(24)21-12-9-14(18)16(20)15(19)10-12/h4-8,11-12,23H,3,9-10H2,2H3,(H,21,24);3-5,8-10,23H,2,6-7H2,1H3,(H,21,24). The van der Waals surface area contributed by atoms with Gasteiger partial charge in [0.05, 0.1) is 39.2 Å². The molecule has 0 fully saturated rings. The lowest BCUT2D eigenvalue weighted by Gasteiger charge is -2.21. The molecule has 0 aliphatic heterocycles. The molecule has 0 aliphatic rings. The van der Waals surface area contributed by atoms with E-state index in [4.69, 9.17) is 16.8 Å². The maximum Gasteiger partial charge on any atom is 0.255 e. The van der Waals surface area contributed by atoms with Crippen molar-refractivity contribution >= 4 is 60.0 Å². The molecular formula is C35H35F4N5O6S2. The van der Waals surface area contributed by atoms with E-state index in [1.165, 1.54) is 58.1 Å². The van der Waals surface area contributed by atoms with Crippen LogP contribution in [0.2, 0.25) is 0 Å². The highest BCUT2D eigenvalue weighted by atomic mass is 32.2. The number of hydrogen-bond donors (Lipinski definition) is 4. The highest BCUT2D eigenvalue weighted by Gasteiger charge is 2.19. The smallest absolute Gasteiger partial charge is 0.255 e. The summed E-state index contributed by atoms with van der Waals surface area (Å²) in [5.74, 6) is 0.987. The SMILES string of the molecule is C=S(=O)(c1cccc(C(=O)Nc2cc(F)c(F)c(F)c2)c1)N(C)CCO.[C-]#[N+]c1cc(NC(=O)c2cccc(S(=C)(=O)N(C)CCO)c2)ccc1F. The molecule has 52 heavy (non-hydrogen) atoms. The number of carbonyl (C=O) groups is 2. The van der Waals surface area contributed by atoms with E-state index >= 15 is 0 Å². The molecule has 17 heteroatoms. The van der Waals surface area contributed by atoms with Crippen LogP contribution in [-0.4, -0.2) is 91.2 Å². The number of aliphatic hydroxyl groups excluding tert-OH is 2. The van der Waals surface area contributed by atoms with Crippen molar-refractivity contribution in [3.63, 3.8) is 0 Å². The van der Waals surface area contributed by atoms with Crippen molar-refractivity contribution in [2.45, 2.75) is 9.79 Å². The van der Waals surface area contributed by atoms with Crippen molar-refractivity contribution in [1.29, 1.82) is 0 Å². The van der Waals surface area contributed by atoms with Gasteiger partial charge in [-0.1, -0.05) is 12.1 Å². The molecule has 0 aromatic heterocycles. The minimum atomic E-state index is -2.93. The minimum absolute atomic E-state index is 0.0708. The first-order chi connectivity index (χ1) is 24.5. The van der Waals surface area contributed by atoms with E-state index in [0.29, 0.717) is 17.0 Å². The molecule has 11 nitrogen and oxygen atoms in total. The number of nitrogens with zero attached hydrogens (tertiary/aromatic N) is 3. The van der Waals surface area contributed by atoms with Crippen LogP contribution >= 0.6 is 0 Å². The van der Waals surface area contributed by atoms with Gasteiger partial charge in [0, 0.05) is 57.5 Å². The number of likely N-dealkylation sites (N-methyl/N-ethyl adjacent to an activating group) is 2. The van der Waals surface area contributed by atoms with E-state index in [0.717, 1.165) is 6.07 Å². The van der Waals surface area contributed by atoms with Gasteiger partial charge in [-0.25, -0.2) is 39.4 Å². The van der Waals surface area contributed by atoms with Crippen molar-refractivity contribution in [2.24, 2.45) is 0 Å². The van der Waals surface area contributed by atoms with Gasteiger partial charge in [-0.3, -0.25) is 9.59 Å². The molecule has 2 amide bonds. The molecule has 4 N–H and O–H groups in total. The first-order valence-electron chi connectivity index (χ1n) is 15.0. The molecule has 0 saturated carbocycles. The van der Waals surface area contributed by atoms with Crippen molar-refractivity contribution < 1.29 is 45.8 Å². The summed E-state index contributed by atoms with van der Waals surface area (Å²) in [5, 5.41) is 22.8. The van der Waals surface area contributed by atoms with Crippen LogP contribution in [-0.2, 0) is 19.4 Å². The fourth-order valence-electron chi connectivity index (χ4n) is 4.32. The van der Waals surface area contributed by atoms with Gasteiger partial charge in [0.25, 0.3) is 11.8 Å². The average molecular weight is 762 g/mol. The zero-order chi connectivity index (χ0) is 38.8. The first kappa shape index (κ1) is 41.3. The van der Waals surface area contributed by atoms with Crippen molar-refractivity contribution in [1.82, 2.24) is 8.61 Å². The summed E-state index contributed by atoms with van der Waals surface area (Å²) in [7, 11) is -2.68. The molecule has 2 unspecified atom stereocenters. The maximum absolute atomic E-state index is 13.4. The third kappa shape index (κ3) is 10.3. The number of aliphatic hydroxyl groups is 2. The second kappa shape index (κ2) is 17.9. The number of rotatable bonds is 12. The largest absolute Gasteiger partial charge is 0.395 e. The number of carbonyl (C=O) groups excluding carboxylic acids is 2. The van der Waals surface area contributed by atoms with Crippen LogP contribution in [0.1, 0.15) is 20.7 Å². The second-order valence-electron chi connectivity index (χ2n) is 10.9. The lowest BCUT2D eigenvalue weighted by molar-refractivity contribution is 0.101. The molecule has 2 atom stereocenters. The Hall–Kier alpha value is -5.09. The first-order valence-corrected chi connectivity index (χ1v) is 18.4. The number of halogens is 4. The van der Waals surface area contributed by atoms with Gasteiger partial charge in [-0.2, -0.15) is 0 Å². The van der Waals surface area contributed by atoms with Crippen LogP contribution in [0.25, 0.3) is 4.85 Å². The van der Waals surface area contributed by atoms with Crippen LogP contribution in [0.15, 0.2) is 88.7 Å². The molecule has 0 bridgehead atoms. The number of nitrogens with one attached hydrogen (secondary N) is 2. The van der Waals surface area contributed by atoms with E-state index in [9.17, 15) is 35.6 Å². The fraction of sp³-hybridized carbons (Fsp3) is 0.171. The zero-order valence-corrected chi connectivity index (χ0v) is 29.6. The van der Waals surface area contributed by atoms with Gasteiger partial charge < -0.3 is 20.8 Å². The van der Waals surface area contributed by atoms with Crippen LogP contribution in [0, 0.1) is 29.8 Å². The third-order valence-electron chi connectivity index (χ3n) is 7.33. The monoisotopic (exact) mass is 761 g/mol. The zero-order valence-electron chi connectivity index (χ0n) is 27.9. The quantitative estimate of drug-likeness (QED) is 0.0707. The highest BCUT2D eigenvalue weighted by molar-refractivity contribution is 7.98. The Kier molecular flexibility index (Phi) is 14.2. The van der Waals surface area contributed by atoms with Gasteiger partial charge >= 0.3 is 0 Å². The molecule has 0 saturated heterocycles. The van der Waals surface area contributed by atoms with E-state index < -0.39 is 54.5 Å². The fourth-order valence-corrected chi connectivity index (χ4v) is 7.00. The minimum Gasteiger partial charge on any atom is -0.395 e. The predicted octanol–water partition coefficient (Wildman–Crippen LogP) is 4.81. The Morgan fingerprint density at radius 3 is 1.58 bits per heavy atom. The highest BCUT2D eigenvalue weighted by Crippen LogP contribution is 2.24. The normalized spacial score (nSPS) is 13.2. The van der Waals surface area contributed by atoms with Crippen molar-refractivity contribution in [2.75, 3.05) is 51.0 Å². The van der Waals surface area contributed by atoms with Crippen molar-refractivity contribution in [3.05, 3.63) is 125 Å². The number of anilines is 2. The summed E-state index contributed by atoms with van der Waals surface area (Å²) in [6.45, 7) is 6.82. The van der Waals surface area contributed by atoms with Crippen molar-refractivity contribution in [3.8, 4) is 0 Å². The lowest BCUT2D eigenvalue weighted by Crippen LogP contribution is -2.29. The summed E-state index contributed by atoms with van der Waals surface area (Å²) in [5.41, 5.74) is 0.138. The van der Waals surface area contributed by atoms with Gasteiger partial charge in [-0.05, 0) is 80.4 Å². The van der Waals surface area contributed by atoms with Crippen LogP contribution in [0.3, 0.4) is 0 Å². The van der Waals surface area contributed by atoms with Gasteiger partial charge in [0.2, 0.25) is 5.69 Å². The van der Waals surface area contributed by atoms with Crippen LogP contribution in [0.4, 0.5) is 34.6 Å². The van der Waals surface area contributed by atoms with Crippen LogP contribution < -0.4 is 10.6 Å². The summed E-state index contributed by atoms with van der Waals surface area (Å²) in [6, 6.07) is 16.9. The number of hydrogen-bond acceptors (Lipinski definition) is 6. The molecule has 276 valence electrons. The Balaban J connectivity index is 0.000000280.